The van der Waals surface area contributed by atoms with Crippen LogP contribution in [0.2, 0.25) is 0 Å². The van der Waals surface area contributed by atoms with Gasteiger partial charge in [0.25, 0.3) is 0 Å². The van der Waals surface area contributed by atoms with Crippen LogP contribution in [0.3, 0.4) is 0 Å². The number of hydrogen-bond donors (Lipinski definition) is 1. The molecule has 0 radical (unpaired) electrons. The topological polar surface area (TPSA) is 29.9 Å². The van der Waals surface area contributed by atoms with Crippen molar-refractivity contribution < 1.29 is 0 Å². The van der Waals surface area contributed by atoms with Crippen molar-refractivity contribution >= 4 is 5.82 Å². The second-order valence-electron chi connectivity index (χ2n) is 5.99. The smallest absolute Gasteiger partial charge is 0.147 e. The molecule has 2 fully saturated rings. The summed E-state index contributed by atoms with van der Waals surface area (Å²) in [6.07, 6.45) is 7.89. The molecule has 2 aliphatic rings. The van der Waals surface area contributed by atoms with Crippen molar-refractivity contribution in [3.8, 4) is 0 Å². The second-order valence-corrected chi connectivity index (χ2v) is 5.99. The molecule has 94 valence electrons. The molecule has 0 saturated heterocycles. The Bertz CT molecular complexity index is 379. The van der Waals surface area contributed by atoms with Gasteiger partial charge in [-0.1, -0.05) is 0 Å². The molecule has 3 rings (SSSR count). The summed E-state index contributed by atoms with van der Waals surface area (Å²) >= 11 is 0. The molecule has 0 spiro atoms. The standard InChI is InChI=1S/C14H23N3/c1-10(2)17-8-6-14(16-17)15-7-5-12-9-13(12)11-3-4-11/h6,8,10-13H,3-5,7,9H2,1-2H3,(H,15,16)/t12-,13+/m1/s1. The van der Waals surface area contributed by atoms with Gasteiger partial charge in [-0.2, -0.15) is 5.10 Å². The number of anilines is 1. The summed E-state index contributed by atoms with van der Waals surface area (Å²) in [7, 11) is 0. The Balaban J connectivity index is 1.38. The van der Waals surface area contributed by atoms with E-state index in [1.807, 2.05) is 4.68 Å². The number of nitrogens with one attached hydrogen (secondary N) is 1. The van der Waals surface area contributed by atoms with Gasteiger partial charge in [-0.05, 0) is 57.3 Å². The van der Waals surface area contributed by atoms with Gasteiger partial charge in [0.2, 0.25) is 0 Å². The fourth-order valence-electron chi connectivity index (χ4n) is 2.81. The maximum atomic E-state index is 4.50. The Hall–Kier alpha value is -0.990. The molecule has 2 aliphatic carbocycles. The Morgan fingerprint density at radius 3 is 2.94 bits per heavy atom. The van der Waals surface area contributed by atoms with Crippen molar-refractivity contribution in [2.45, 2.75) is 45.6 Å². The van der Waals surface area contributed by atoms with E-state index in [-0.39, 0.29) is 0 Å². The quantitative estimate of drug-likeness (QED) is 0.817. The molecule has 0 aromatic carbocycles. The molecule has 0 bridgehead atoms. The minimum Gasteiger partial charge on any atom is -0.369 e. The third kappa shape index (κ3) is 2.64. The molecule has 0 amide bonds. The maximum absolute atomic E-state index is 4.50. The Morgan fingerprint density at radius 1 is 1.47 bits per heavy atom. The van der Waals surface area contributed by atoms with Gasteiger partial charge in [-0.15, -0.1) is 0 Å². The summed E-state index contributed by atoms with van der Waals surface area (Å²) in [5, 5.41) is 7.94. The lowest BCUT2D eigenvalue weighted by Gasteiger charge is -2.05. The largest absolute Gasteiger partial charge is 0.369 e. The lowest BCUT2D eigenvalue weighted by Crippen LogP contribution is -2.06. The van der Waals surface area contributed by atoms with Gasteiger partial charge in [-0.3, -0.25) is 4.68 Å². The summed E-state index contributed by atoms with van der Waals surface area (Å²) in [6.45, 7) is 5.39. The Labute approximate surface area is 104 Å². The van der Waals surface area contributed by atoms with Crippen LogP contribution < -0.4 is 5.32 Å². The first-order chi connectivity index (χ1) is 8.24. The van der Waals surface area contributed by atoms with E-state index < -0.39 is 0 Å². The summed E-state index contributed by atoms with van der Waals surface area (Å²) in [5.74, 6) is 4.25. The van der Waals surface area contributed by atoms with Crippen LogP contribution in [-0.4, -0.2) is 16.3 Å². The molecule has 0 unspecified atom stereocenters. The van der Waals surface area contributed by atoms with Crippen LogP contribution in [-0.2, 0) is 0 Å². The molecule has 17 heavy (non-hydrogen) atoms. The molecular weight excluding hydrogens is 210 g/mol. The molecule has 1 aromatic rings. The first kappa shape index (κ1) is 11.1. The SMILES string of the molecule is CC(C)n1ccc(NCC[C@@H]2C[C@H]2C2CC2)n1. The minimum atomic E-state index is 0.452. The van der Waals surface area contributed by atoms with Gasteiger partial charge < -0.3 is 5.32 Å². The van der Waals surface area contributed by atoms with Crippen molar-refractivity contribution in [3.05, 3.63) is 12.3 Å². The van der Waals surface area contributed by atoms with Crippen LogP contribution in [0, 0.1) is 17.8 Å². The minimum absolute atomic E-state index is 0.452. The van der Waals surface area contributed by atoms with Gasteiger partial charge in [-0.25, -0.2) is 0 Å². The summed E-state index contributed by atoms with van der Waals surface area (Å²) in [5.41, 5.74) is 0. The number of hydrogen-bond acceptors (Lipinski definition) is 2. The van der Waals surface area contributed by atoms with E-state index in [0.29, 0.717) is 6.04 Å². The summed E-state index contributed by atoms with van der Waals surface area (Å²) < 4.78 is 2.01. The van der Waals surface area contributed by atoms with Gasteiger partial charge in [0.05, 0.1) is 0 Å². The Morgan fingerprint density at radius 2 is 2.29 bits per heavy atom. The van der Waals surface area contributed by atoms with Crippen molar-refractivity contribution in [2.75, 3.05) is 11.9 Å². The molecule has 3 heteroatoms. The lowest BCUT2D eigenvalue weighted by molar-refractivity contribution is 0.533. The molecule has 2 saturated carbocycles. The highest BCUT2D eigenvalue weighted by Gasteiger charge is 2.46. The molecule has 2 atom stereocenters. The maximum Gasteiger partial charge on any atom is 0.147 e. The molecule has 3 nitrogen and oxygen atoms in total. The van der Waals surface area contributed by atoms with Crippen molar-refractivity contribution in [2.24, 2.45) is 17.8 Å². The molecule has 1 heterocycles. The molecule has 1 N–H and O–H groups in total. The van der Waals surface area contributed by atoms with E-state index in [4.69, 9.17) is 0 Å². The monoisotopic (exact) mass is 233 g/mol. The van der Waals surface area contributed by atoms with Crippen molar-refractivity contribution in [1.29, 1.82) is 0 Å². The van der Waals surface area contributed by atoms with E-state index >= 15 is 0 Å². The molecule has 1 aromatic heterocycles. The average molecular weight is 233 g/mol. The lowest BCUT2D eigenvalue weighted by atomic mass is 10.2. The first-order valence-corrected chi connectivity index (χ1v) is 7.03. The zero-order valence-electron chi connectivity index (χ0n) is 10.9. The zero-order valence-corrected chi connectivity index (χ0v) is 10.9. The van der Waals surface area contributed by atoms with E-state index in [0.717, 1.165) is 30.1 Å². The van der Waals surface area contributed by atoms with E-state index in [1.165, 1.54) is 25.7 Å². The van der Waals surface area contributed by atoms with Crippen LogP contribution in [0.4, 0.5) is 5.82 Å². The highest BCUT2D eigenvalue weighted by atomic mass is 15.3. The summed E-state index contributed by atoms with van der Waals surface area (Å²) in [4.78, 5) is 0. The number of rotatable bonds is 6. The average Bonchev–Trinajstić information content (AvgIpc) is 3.17. The van der Waals surface area contributed by atoms with Crippen molar-refractivity contribution in [3.63, 3.8) is 0 Å². The third-order valence-electron chi connectivity index (χ3n) is 4.16. The van der Waals surface area contributed by atoms with Crippen LogP contribution in [0.5, 0.6) is 0 Å². The van der Waals surface area contributed by atoms with Crippen LogP contribution in [0.15, 0.2) is 12.3 Å². The van der Waals surface area contributed by atoms with Crippen LogP contribution in [0.25, 0.3) is 0 Å². The zero-order chi connectivity index (χ0) is 11.8. The number of nitrogens with zero attached hydrogens (tertiary/aromatic N) is 2. The highest BCUT2D eigenvalue weighted by Crippen LogP contribution is 2.55. The third-order valence-corrected chi connectivity index (χ3v) is 4.16. The predicted octanol–water partition coefficient (Wildman–Crippen LogP) is 3.31. The first-order valence-electron chi connectivity index (χ1n) is 7.03. The van der Waals surface area contributed by atoms with Gasteiger partial charge >= 0.3 is 0 Å². The second kappa shape index (κ2) is 4.35. The van der Waals surface area contributed by atoms with Crippen molar-refractivity contribution in [1.82, 2.24) is 9.78 Å². The summed E-state index contributed by atoms with van der Waals surface area (Å²) in [6, 6.07) is 2.53. The van der Waals surface area contributed by atoms with Gasteiger partial charge in [0.1, 0.15) is 5.82 Å². The fraction of sp³-hybridized carbons (Fsp3) is 0.786. The molecular formula is C14H23N3. The predicted molar refractivity (Wildman–Crippen MR) is 70.0 cm³/mol. The van der Waals surface area contributed by atoms with Crippen LogP contribution >= 0.6 is 0 Å². The highest BCUT2D eigenvalue weighted by molar-refractivity contribution is 5.32. The van der Waals surface area contributed by atoms with Gasteiger partial charge in [0, 0.05) is 24.8 Å². The number of aromatic nitrogens is 2. The Kier molecular flexibility index (Phi) is 2.85. The van der Waals surface area contributed by atoms with E-state index in [2.05, 4.69) is 36.5 Å². The van der Waals surface area contributed by atoms with Crippen LogP contribution in [0.1, 0.15) is 45.6 Å². The fourth-order valence-corrected chi connectivity index (χ4v) is 2.81. The van der Waals surface area contributed by atoms with E-state index in [1.54, 1.807) is 0 Å². The normalized spacial score (nSPS) is 27.5. The van der Waals surface area contributed by atoms with Gasteiger partial charge in [0.15, 0.2) is 0 Å². The van der Waals surface area contributed by atoms with E-state index in [9.17, 15) is 0 Å². The molecule has 0 aliphatic heterocycles.